The van der Waals surface area contributed by atoms with Crippen LogP contribution in [0.2, 0.25) is 0 Å². The molecule has 3 unspecified atom stereocenters. The van der Waals surface area contributed by atoms with Crippen molar-refractivity contribution in [3.63, 3.8) is 0 Å². The van der Waals surface area contributed by atoms with Crippen molar-refractivity contribution in [1.29, 1.82) is 0 Å². The van der Waals surface area contributed by atoms with Gasteiger partial charge in [0.15, 0.2) is 0 Å². The van der Waals surface area contributed by atoms with E-state index in [1.807, 2.05) is 31.2 Å². The van der Waals surface area contributed by atoms with E-state index >= 15 is 0 Å². The van der Waals surface area contributed by atoms with Gasteiger partial charge in [0.05, 0.1) is 13.7 Å². The van der Waals surface area contributed by atoms with Crippen LogP contribution in [-0.2, 0) is 18.6 Å². The molecule has 0 saturated carbocycles. The van der Waals surface area contributed by atoms with Crippen molar-refractivity contribution in [3.8, 4) is 5.75 Å². The summed E-state index contributed by atoms with van der Waals surface area (Å²) in [7, 11) is 3.94. The van der Waals surface area contributed by atoms with Crippen molar-refractivity contribution in [2.24, 2.45) is 0 Å². The molecule has 1 fully saturated rings. The van der Waals surface area contributed by atoms with Gasteiger partial charge in [0.25, 0.3) is 0 Å². The van der Waals surface area contributed by atoms with Crippen LogP contribution < -0.4 is 4.74 Å². The zero-order valence-electron chi connectivity index (χ0n) is 17.8. The lowest BCUT2D eigenvalue weighted by molar-refractivity contribution is 0.0381. The lowest BCUT2D eigenvalue weighted by Crippen LogP contribution is -2.36. The first-order valence-electron chi connectivity index (χ1n) is 10.6. The number of methoxy groups -OCH3 is 1. The molecule has 0 aliphatic carbocycles. The molecule has 152 valence electrons. The van der Waals surface area contributed by atoms with Crippen LogP contribution in [0.15, 0.2) is 42.5 Å². The number of benzene rings is 2. The Morgan fingerprint density at radius 2 is 1.90 bits per heavy atom. The topological polar surface area (TPSA) is 37.6 Å². The minimum atomic E-state index is -0.959. The number of aromatic nitrogens is 1. The van der Waals surface area contributed by atoms with Crippen molar-refractivity contribution < 1.29 is 9.84 Å². The van der Waals surface area contributed by atoms with Gasteiger partial charge in [-0.1, -0.05) is 23.8 Å². The van der Waals surface area contributed by atoms with Crippen LogP contribution in [0.25, 0.3) is 10.9 Å². The van der Waals surface area contributed by atoms with Gasteiger partial charge in [-0.05, 0) is 69.1 Å². The second kappa shape index (κ2) is 6.61. The Morgan fingerprint density at radius 3 is 2.62 bits per heavy atom. The molecule has 2 aliphatic rings. The molecule has 2 aromatic carbocycles. The largest absolute Gasteiger partial charge is 0.497 e. The third-order valence-electron chi connectivity index (χ3n) is 7.15. The first kappa shape index (κ1) is 18.7. The highest BCUT2D eigenvalue weighted by Crippen LogP contribution is 2.47. The van der Waals surface area contributed by atoms with E-state index in [0.717, 1.165) is 17.7 Å². The highest BCUT2D eigenvalue weighted by molar-refractivity contribution is 5.87. The molecule has 3 heterocycles. The summed E-state index contributed by atoms with van der Waals surface area (Å²) < 4.78 is 7.68. The molecular formula is C25H30N2O2. The van der Waals surface area contributed by atoms with Gasteiger partial charge < -0.3 is 14.4 Å². The number of aryl methyl sites for hydroxylation is 1. The van der Waals surface area contributed by atoms with Crippen molar-refractivity contribution in [2.45, 2.75) is 57.3 Å². The van der Waals surface area contributed by atoms with Crippen LogP contribution in [-0.4, -0.2) is 34.8 Å². The van der Waals surface area contributed by atoms with E-state index in [0.29, 0.717) is 18.6 Å². The predicted octanol–water partition coefficient (Wildman–Crippen LogP) is 4.56. The van der Waals surface area contributed by atoms with Crippen LogP contribution in [0.4, 0.5) is 0 Å². The monoisotopic (exact) mass is 390 g/mol. The fourth-order valence-corrected chi connectivity index (χ4v) is 5.50. The number of hydrogen-bond donors (Lipinski definition) is 1. The molecule has 2 aliphatic heterocycles. The van der Waals surface area contributed by atoms with Crippen molar-refractivity contribution in [3.05, 3.63) is 64.8 Å². The Hall–Kier alpha value is -2.30. The molecule has 1 N–H and O–H groups in total. The zero-order chi connectivity index (χ0) is 20.3. The second-order valence-corrected chi connectivity index (χ2v) is 9.09. The number of rotatable bonds is 4. The minimum Gasteiger partial charge on any atom is -0.497 e. The van der Waals surface area contributed by atoms with Crippen LogP contribution in [0.3, 0.4) is 0 Å². The maximum Gasteiger partial charge on any atom is 0.118 e. The van der Waals surface area contributed by atoms with Crippen molar-refractivity contribution in [2.75, 3.05) is 14.2 Å². The van der Waals surface area contributed by atoms with E-state index < -0.39 is 5.60 Å². The SMILES string of the molecule is COc1ccc(C(C)(O)Cn2c3c(c4cc(C)ccc42)C2CCC(C3)N2C)cc1. The predicted molar refractivity (Wildman–Crippen MR) is 116 cm³/mol. The Bertz CT molecular complexity index is 1060. The molecule has 0 amide bonds. The van der Waals surface area contributed by atoms with E-state index in [9.17, 15) is 5.11 Å². The summed E-state index contributed by atoms with van der Waals surface area (Å²) in [6.07, 6.45) is 3.56. The summed E-state index contributed by atoms with van der Waals surface area (Å²) in [5.74, 6) is 0.809. The molecule has 0 spiro atoms. The zero-order valence-corrected chi connectivity index (χ0v) is 17.8. The molecule has 0 radical (unpaired) electrons. The lowest BCUT2D eigenvalue weighted by Gasteiger charge is -2.33. The Kier molecular flexibility index (Phi) is 4.27. The Morgan fingerprint density at radius 1 is 1.14 bits per heavy atom. The fraction of sp³-hybridized carbons (Fsp3) is 0.440. The smallest absolute Gasteiger partial charge is 0.118 e. The van der Waals surface area contributed by atoms with Gasteiger partial charge in [0.2, 0.25) is 0 Å². The van der Waals surface area contributed by atoms with E-state index in [-0.39, 0.29) is 0 Å². The third kappa shape index (κ3) is 2.89. The number of nitrogens with zero attached hydrogens (tertiary/aromatic N) is 2. The fourth-order valence-electron chi connectivity index (χ4n) is 5.50. The molecule has 5 rings (SSSR count). The summed E-state index contributed by atoms with van der Waals surface area (Å²) in [5, 5.41) is 12.8. The van der Waals surface area contributed by atoms with E-state index in [1.54, 1.807) is 7.11 Å². The average molecular weight is 391 g/mol. The van der Waals surface area contributed by atoms with Crippen LogP contribution in [0.1, 0.15) is 48.2 Å². The normalized spacial score (nSPS) is 23.2. The minimum absolute atomic E-state index is 0.500. The average Bonchev–Trinajstić information content (AvgIpc) is 3.11. The van der Waals surface area contributed by atoms with Crippen LogP contribution in [0.5, 0.6) is 5.75 Å². The van der Waals surface area contributed by atoms with Gasteiger partial charge >= 0.3 is 0 Å². The van der Waals surface area contributed by atoms with E-state index in [1.165, 1.54) is 40.6 Å². The highest BCUT2D eigenvalue weighted by Gasteiger charge is 2.41. The van der Waals surface area contributed by atoms with E-state index in [2.05, 4.69) is 41.6 Å². The molecule has 1 saturated heterocycles. The molecule has 3 atom stereocenters. The molecule has 2 bridgehead atoms. The first-order chi connectivity index (χ1) is 13.9. The van der Waals surface area contributed by atoms with Crippen LogP contribution in [0, 0.1) is 6.92 Å². The van der Waals surface area contributed by atoms with Crippen molar-refractivity contribution in [1.82, 2.24) is 9.47 Å². The molecule has 4 nitrogen and oxygen atoms in total. The van der Waals surface area contributed by atoms with Gasteiger partial charge in [-0.3, -0.25) is 4.90 Å². The van der Waals surface area contributed by atoms with Crippen molar-refractivity contribution >= 4 is 10.9 Å². The third-order valence-corrected chi connectivity index (χ3v) is 7.15. The van der Waals surface area contributed by atoms with Gasteiger partial charge in [-0.25, -0.2) is 0 Å². The Balaban J connectivity index is 1.63. The van der Waals surface area contributed by atoms with Crippen LogP contribution >= 0.6 is 0 Å². The number of ether oxygens (including phenoxy) is 1. The highest BCUT2D eigenvalue weighted by atomic mass is 16.5. The van der Waals surface area contributed by atoms with Gasteiger partial charge in [-0.15, -0.1) is 0 Å². The summed E-state index contributed by atoms with van der Waals surface area (Å²) in [6.45, 7) is 4.64. The lowest BCUT2D eigenvalue weighted by atomic mass is 9.95. The molecular weight excluding hydrogens is 360 g/mol. The number of likely N-dealkylation sites (N-methyl/N-ethyl adjacent to an activating group) is 1. The number of aliphatic hydroxyl groups is 1. The molecule has 3 aromatic rings. The van der Waals surface area contributed by atoms with Gasteiger partial charge in [0, 0.05) is 35.1 Å². The maximum atomic E-state index is 11.5. The van der Waals surface area contributed by atoms with E-state index in [4.69, 9.17) is 4.74 Å². The number of fused-ring (bicyclic) bond motifs is 6. The first-order valence-corrected chi connectivity index (χ1v) is 10.6. The quantitative estimate of drug-likeness (QED) is 0.710. The molecule has 29 heavy (non-hydrogen) atoms. The standard InChI is InChI=1S/C25H30N2O2/c1-16-5-11-21-20(13-16)24-22-12-8-18(26(22)3)14-23(24)27(21)15-25(2,28)17-6-9-19(29-4)10-7-17/h5-7,9-11,13,18,22,28H,8,12,14-15H2,1-4H3. The summed E-state index contributed by atoms with van der Waals surface area (Å²) >= 11 is 0. The number of hydrogen-bond acceptors (Lipinski definition) is 3. The molecule has 4 heteroatoms. The second-order valence-electron chi connectivity index (χ2n) is 9.09. The summed E-state index contributed by atoms with van der Waals surface area (Å²) in [5.41, 5.74) is 5.41. The maximum absolute atomic E-state index is 11.5. The molecule has 1 aromatic heterocycles. The van der Waals surface area contributed by atoms with Gasteiger partial charge in [0.1, 0.15) is 11.4 Å². The van der Waals surface area contributed by atoms with Gasteiger partial charge in [-0.2, -0.15) is 0 Å². The summed E-state index contributed by atoms with van der Waals surface area (Å²) in [4.78, 5) is 2.57. The summed E-state index contributed by atoms with van der Waals surface area (Å²) in [6, 6.07) is 15.7. The Labute approximate surface area is 172 Å².